The van der Waals surface area contributed by atoms with Gasteiger partial charge in [-0.25, -0.2) is 9.97 Å². The van der Waals surface area contributed by atoms with Gasteiger partial charge in [-0.2, -0.15) is 0 Å². The zero-order chi connectivity index (χ0) is 16.3. The molecule has 0 aliphatic carbocycles. The summed E-state index contributed by atoms with van der Waals surface area (Å²) in [7, 11) is 3.25. The van der Waals surface area contributed by atoms with Gasteiger partial charge in [0.1, 0.15) is 5.15 Å². The lowest BCUT2D eigenvalue weighted by Crippen LogP contribution is -2.02. The molecule has 6 heteroatoms. The maximum Gasteiger partial charge on any atom is 0.223 e. The fourth-order valence-corrected chi connectivity index (χ4v) is 2.69. The number of ether oxygens (including phenoxy) is 2. The Labute approximate surface area is 140 Å². The Kier molecular flexibility index (Phi) is 5.48. The van der Waals surface area contributed by atoms with Crippen molar-refractivity contribution in [1.82, 2.24) is 9.97 Å². The highest BCUT2D eigenvalue weighted by atomic mass is 35.5. The summed E-state index contributed by atoms with van der Waals surface area (Å²) in [5, 5.41) is 0.509. The summed E-state index contributed by atoms with van der Waals surface area (Å²) in [4.78, 5) is 7.99. The van der Waals surface area contributed by atoms with Gasteiger partial charge in [0, 0.05) is 18.2 Å². The van der Waals surface area contributed by atoms with E-state index in [1.54, 1.807) is 20.4 Å². The number of hydrogen-bond donors (Lipinski definition) is 0. The van der Waals surface area contributed by atoms with E-state index in [1.165, 1.54) is 5.56 Å². The molecule has 0 aliphatic rings. The Morgan fingerprint density at radius 1 is 1.05 bits per heavy atom. The highest BCUT2D eigenvalue weighted by Crippen LogP contribution is 2.35. The van der Waals surface area contributed by atoms with Gasteiger partial charge in [0.2, 0.25) is 5.28 Å². The number of methoxy groups -OCH3 is 2. The van der Waals surface area contributed by atoms with Crippen LogP contribution in [0.4, 0.5) is 0 Å². The molecule has 118 valence electrons. The van der Waals surface area contributed by atoms with Crippen molar-refractivity contribution < 1.29 is 9.47 Å². The van der Waals surface area contributed by atoms with Crippen LogP contribution in [0.5, 0.6) is 11.5 Å². The molecule has 0 unspecified atom stereocenters. The highest BCUT2D eigenvalue weighted by Gasteiger charge is 2.15. The van der Waals surface area contributed by atoms with Gasteiger partial charge >= 0.3 is 0 Å². The van der Waals surface area contributed by atoms with E-state index in [0.717, 1.165) is 11.1 Å². The van der Waals surface area contributed by atoms with E-state index < -0.39 is 0 Å². The molecule has 0 amide bonds. The predicted molar refractivity (Wildman–Crippen MR) is 88.5 cm³/mol. The SMILES string of the molecule is COc1cc(Cc2cnc(Cl)nc2Cl)c(C(C)C)cc1OC. The fraction of sp³-hybridized carbons (Fsp3) is 0.375. The van der Waals surface area contributed by atoms with Crippen molar-refractivity contribution in [2.24, 2.45) is 0 Å². The number of hydrogen-bond acceptors (Lipinski definition) is 4. The van der Waals surface area contributed by atoms with Crippen LogP contribution in [0, 0.1) is 0 Å². The van der Waals surface area contributed by atoms with Crippen LogP contribution < -0.4 is 9.47 Å². The van der Waals surface area contributed by atoms with Crippen molar-refractivity contribution in [3.05, 3.63) is 45.5 Å². The van der Waals surface area contributed by atoms with Crippen LogP contribution in [0.1, 0.15) is 36.5 Å². The summed E-state index contributed by atoms with van der Waals surface area (Å²) in [6.45, 7) is 4.26. The zero-order valence-corrected chi connectivity index (χ0v) is 14.5. The molecule has 2 aromatic rings. The average molecular weight is 341 g/mol. The number of benzene rings is 1. The summed E-state index contributed by atoms with van der Waals surface area (Å²) < 4.78 is 10.8. The largest absolute Gasteiger partial charge is 0.493 e. The van der Waals surface area contributed by atoms with Crippen LogP contribution >= 0.6 is 23.2 Å². The van der Waals surface area contributed by atoms with Crippen molar-refractivity contribution in [2.45, 2.75) is 26.2 Å². The van der Waals surface area contributed by atoms with E-state index in [9.17, 15) is 0 Å². The molecule has 4 nitrogen and oxygen atoms in total. The third-order valence-electron chi connectivity index (χ3n) is 3.43. The molecule has 1 aromatic carbocycles. The molecule has 0 atom stereocenters. The molecule has 2 rings (SSSR count). The Bertz CT molecular complexity index is 675. The van der Waals surface area contributed by atoms with Gasteiger partial charge in [0.25, 0.3) is 0 Å². The second kappa shape index (κ2) is 7.16. The van der Waals surface area contributed by atoms with Gasteiger partial charge in [-0.05, 0) is 40.8 Å². The number of rotatable bonds is 5. The fourth-order valence-electron chi connectivity index (χ4n) is 2.32. The molecule has 0 saturated heterocycles. The first-order chi connectivity index (χ1) is 10.5. The zero-order valence-electron chi connectivity index (χ0n) is 13.0. The number of aromatic nitrogens is 2. The third-order valence-corrected chi connectivity index (χ3v) is 3.94. The molecule has 0 radical (unpaired) electrons. The highest BCUT2D eigenvalue weighted by molar-refractivity contribution is 6.32. The lowest BCUT2D eigenvalue weighted by atomic mass is 9.93. The van der Waals surface area contributed by atoms with E-state index >= 15 is 0 Å². The summed E-state index contributed by atoms with van der Waals surface area (Å²) >= 11 is 11.9. The first-order valence-corrected chi connectivity index (χ1v) is 7.63. The molecule has 0 aliphatic heterocycles. The van der Waals surface area contributed by atoms with E-state index in [1.807, 2.05) is 12.1 Å². The van der Waals surface area contributed by atoms with Crippen molar-refractivity contribution in [1.29, 1.82) is 0 Å². The summed E-state index contributed by atoms with van der Waals surface area (Å²) in [6.07, 6.45) is 2.25. The minimum atomic E-state index is 0.144. The van der Waals surface area contributed by atoms with Crippen LogP contribution in [0.25, 0.3) is 0 Å². The molecule has 22 heavy (non-hydrogen) atoms. The van der Waals surface area contributed by atoms with Gasteiger partial charge < -0.3 is 9.47 Å². The molecule has 0 bridgehead atoms. The van der Waals surface area contributed by atoms with Gasteiger partial charge in [-0.15, -0.1) is 0 Å². The lowest BCUT2D eigenvalue weighted by molar-refractivity contribution is 0.354. The van der Waals surface area contributed by atoms with E-state index in [0.29, 0.717) is 29.0 Å². The summed E-state index contributed by atoms with van der Waals surface area (Å²) in [5.41, 5.74) is 3.09. The average Bonchev–Trinajstić information content (AvgIpc) is 2.49. The van der Waals surface area contributed by atoms with E-state index in [-0.39, 0.29) is 5.28 Å². The van der Waals surface area contributed by atoms with Crippen LogP contribution in [-0.4, -0.2) is 24.2 Å². The second-order valence-electron chi connectivity index (χ2n) is 5.19. The first kappa shape index (κ1) is 16.8. The van der Waals surface area contributed by atoms with Crippen LogP contribution in [0.15, 0.2) is 18.3 Å². The van der Waals surface area contributed by atoms with E-state index in [4.69, 9.17) is 32.7 Å². The Morgan fingerprint density at radius 2 is 1.68 bits per heavy atom. The molecule has 0 N–H and O–H groups in total. The molecule has 0 spiro atoms. The number of halogens is 2. The Hall–Kier alpha value is -1.52. The number of nitrogens with zero attached hydrogens (tertiary/aromatic N) is 2. The van der Waals surface area contributed by atoms with Crippen molar-refractivity contribution in [3.8, 4) is 11.5 Å². The minimum Gasteiger partial charge on any atom is -0.493 e. The van der Waals surface area contributed by atoms with Crippen molar-refractivity contribution in [2.75, 3.05) is 14.2 Å². The van der Waals surface area contributed by atoms with Crippen LogP contribution in [0.2, 0.25) is 10.4 Å². The minimum absolute atomic E-state index is 0.144. The predicted octanol–water partition coefficient (Wildman–Crippen LogP) is 4.51. The molecule has 0 fully saturated rings. The molecular weight excluding hydrogens is 323 g/mol. The van der Waals surface area contributed by atoms with Crippen molar-refractivity contribution >= 4 is 23.2 Å². The van der Waals surface area contributed by atoms with Gasteiger partial charge in [-0.3, -0.25) is 0 Å². The van der Waals surface area contributed by atoms with Crippen molar-refractivity contribution in [3.63, 3.8) is 0 Å². The second-order valence-corrected chi connectivity index (χ2v) is 5.89. The van der Waals surface area contributed by atoms with Gasteiger partial charge in [0.05, 0.1) is 14.2 Å². The summed E-state index contributed by atoms with van der Waals surface area (Å²) in [5.74, 6) is 1.74. The normalized spacial score (nSPS) is 10.9. The molecule has 1 aromatic heterocycles. The smallest absolute Gasteiger partial charge is 0.223 e. The first-order valence-electron chi connectivity index (χ1n) is 6.88. The standard InChI is InChI=1S/C16H18Cl2N2O2/c1-9(2)12-7-14(22-4)13(21-3)6-10(12)5-11-8-19-16(18)20-15(11)17/h6-9H,5H2,1-4H3. The topological polar surface area (TPSA) is 44.2 Å². The maximum atomic E-state index is 6.15. The molecule has 1 heterocycles. The van der Waals surface area contributed by atoms with E-state index in [2.05, 4.69) is 23.8 Å². The Morgan fingerprint density at radius 3 is 2.23 bits per heavy atom. The monoisotopic (exact) mass is 340 g/mol. The quantitative estimate of drug-likeness (QED) is 0.593. The maximum absolute atomic E-state index is 6.15. The third kappa shape index (κ3) is 3.62. The Balaban J connectivity index is 2.48. The molecule has 0 saturated carbocycles. The summed E-state index contributed by atoms with van der Waals surface area (Å²) in [6, 6.07) is 3.97. The van der Waals surface area contributed by atoms with Crippen LogP contribution in [0.3, 0.4) is 0 Å². The van der Waals surface area contributed by atoms with Gasteiger partial charge in [0.15, 0.2) is 11.5 Å². The van der Waals surface area contributed by atoms with Crippen LogP contribution in [-0.2, 0) is 6.42 Å². The van der Waals surface area contributed by atoms with Gasteiger partial charge in [-0.1, -0.05) is 25.4 Å². The lowest BCUT2D eigenvalue weighted by Gasteiger charge is -2.17. The molecular formula is C16H18Cl2N2O2.